The van der Waals surface area contributed by atoms with E-state index in [4.69, 9.17) is 5.73 Å². The van der Waals surface area contributed by atoms with Gasteiger partial charge in [0.05, 0.1) is 0 Å². The van der Waals surface area contributed by atoms with Crippen LogP contribution in [0.1, 0.15) is 50.6 Å². The Bertz CT molecular complexity index is 443. The van der Waals surface area contributed by atoms with E-state index in [1.165, 1.54) is 32.1 Å². The summed E-state index contributed by atoms with van der Waals surface area (Å²) in [5.74, 6) is 0.680. The molecule has 110 valence electrons. The first-order valence-electron chi connectivity index (χ1n) is 7.93. The molecule has 4 atom stereocenters. The number of hydrogen-bond acceptors (Lipinski definition) is 2. The molecule has 1 saturated heterocycles. The molecule has 2 N–H and O–H groups in total. The van der Waals surface area contributed by atoms with E-state index in [0.717, 1.165) is 18.0 Å². The quantitative estimate of drug-likeness (QED) is 0.916. The van der Waals surface area contributed by atoms with Crippen molar-refractivity contribution in [2.75, 3.05) is 6.54 Å². The highest BCUT2D eigenvalue weighted by Gasteiger charge is 2.40. The van der Waals surface area contributed by atoms with Crippen molar-refractivity contribution in [1.29, 1.82) is 0 Å². The standard InChI is InChI=1S/C17H25FN2/c1-12(19)17(14-6-8-15(18)9-7-14)20-11-10-13-4-2-3-5-16(13)20/h6-9,12-13,16-17H,2-5,10-11,19H2,1H3. The van der Waals surface area contributed by atoms with Crippen molar-refractivity contribution >= 4 is 0 Å². The predicted octanol–water partition coefficient (Wildman–Crippen LogP) is 3.48. The van der Waals surface area contributed by atoms with Crippen LogP contribution in [0.3, 0.4) is 0 Å². The molecular formula is C17H25FN2. The van der Waals surface area contributed by atoms with Crippen molar-refractivity contribution in [3.63, 3.8) is 0 Å². The molecule has 1 aromatic carbocycles. The molecule has 1 aliphatic carbocycles. The minimum Gasteiger partial charge on any atom is -0.326 e. The lowest BCUT2D eigenvalue weighted by molar-refractivity contribution is 0.119. The van der Waals surface area contributed by atoms with Crippen LogP contribution in [0.15, 0.2) is 24.3 Å². The maximum atomic E-state index is 13.2. The van der Waals surface area contributed by atoms with Gasteiger partial charge in [-0.1, -0.05) is 25.0 Å². The van der Waals surface area contributed by atoms with Crippen molar-refractivity contribution in [2.45, 2.75) is 57.2 Å². The normalized spacial score (nSPS) is 29.9. The number of rotatable bonds is 3. The van der Waals surface area contributed by atoms with Crippen LogP contribution in [0.5, 0.6) is 0 Å². The van der Waals surface area contributed by atoms with Crippen LogP contribution in [0, 0.1) is 11.7 Å². The first kappa shape index (κ1) is 14.0. The Morgan fingerprint density at radius 1 is 1.15 bits per heavy atom. The molecule has 1 heterocycles. The third-order valence-electron chi connectivity index (χ3n) is 5.12. The highest BCUT2D eigenvalue weighted by molar-refractivity contribution is 5.22. The van der Waals surface area contributed by atoms with Gasteiger partial charge in [0.25, 0.3) is 0 Å². The lowest BCUT2D eigenvalue weighted by Crippen LogP contribution is -2.44. The van der Waals surface area contributed by atoms with Crippen LogP contribution in [-0.4, -0.2) is 23.5 Å². The highest BCUT2D eigenvalue weighted by atomic mass is 19.1. The van der Waals surface area contributed by atoms with Gasteiger partial charge in [-0.3, -0.25) is 4.90 Å². The zero-order chi connectivity index (χ0) is 14.1. The van der Waals surface area contributed by atoms with Crippen LogP contribution in [-0.2, 0) is 0 Å². The van der Waals surface area contributed by atoms with Gasteiger partial charge < -0.3 is 5.73 Å². The van der Waals surface area contributed by atoms with Gasteiger partial charge in [-0.2, -0.15) is 0 Å². The summed E-state index contributed by atoms with van der Waals surface area (Å²) < 4.78 is 13.2. The molecule has 3 heteroatoms. The Hall–Kier alpha value is -0.930. The van der Waals surface area contributed by atoms with Crippen molar-refractivity contribution in [3.8, 4) is 0 Å². The Labute approximate surface area is 121 Å². The lowest BCUT2D eigenvalue weighted by Gasteiger charge is -2.39. The SMILES string of the molecule is CC(N)C(c1ccc(F)cc1)N1CCC2CCCCC21. The molecule has 0 bridgehead atoms. The molecule has 2 fully saturated rings. The second-order valence-electron chi connectivity index (χ2n) is 6.49. The molecule has 20 heavy (non-hydrogen) atoms. The molecule has 0 radical (unpaired) electrons. The highest BCUT2D eigenvalue weighted by Crippen LogP contribution is 2.41. The Balaban J connectivity index is 1.85. The molecule has 2 aliphatic rings. The summed E-state index contributed by atoms with van der Waals surface area (Å²) in [6, 6.07) is 7.90. The van der Waals surface area contributed by atoms with Gasteiger partial charge in [0.2, 0.25) is 0 Å². The van der Waals surface area contributed by atoms with Crippen LogP contribution in [0.2, 0.25) is 0 Å². The largest absolute Gasteiger partial charge is 0.326 e. The molecule has 0 amide bonds. The van der Waals surface area contributed by atoms with Crippen LogP contribution in [0.25, 0.3) is 0 Å². The summed E-state index contributed by atoms with van der Waals surface area (Å²) in [5.41, 5.74) is 7.43. The van der Waals surface area contributed by atoms with E-state index in [9.17, 15) is 4.39 Å². The summed E-state index contributed by atoms with van der Waals surface area (Å²) in [4.78, 5) is 2.60. The van der Waals surface area contributed by atoms with Crippen molar-refractivity contribution in [3.05, 3.63) is 35.6 Å². The number of likely N-dealkylation sites (tertiary alicyclic amines) is 1. The molecule has 1 saturated carbocycles. The predicted molar refractivity (Wildman–Crippen MR) is 79.9 cm³/mol. The third kappa shape index (κ3) is 2.61. The fourth-order valence-corrected chi connectivity index (χ4v) is 4.24. The van der Waals surface area contributed by atoms with Gasteiger partial charge in [0, 0.05) is 18.1 Å². The van der Waals surface area contributed by atoms with E-state index >= 15 is 0 Å². The summed E-state index contributed by atoms with van der Waals surface area (Å²) in [5, 5.41) is 0. The average molecular weight is 276 g/mol. The summed E-state index contributed by atoms with van der Waals surface area (Å²) in [6.45, 7) is 3.21. The average Bonchev–Trinajstić information content (AvgIpc) is 2.85. The second-order valence-corrected chi connectivity index (χ2v) is 6.49. The Morgan fingerprint density at radius 3 is 2.55 bits per heavy atom. The van der Waals surface area contributed by atoms with E-state index in [0.29, 0.717) is 6.04 Å². The number of halogens is 1. The fraction of sp³-hybridized carbons (Fsp3) is 0.647. The van der Waals surface area contributed by atoms with Gasteiger partial charge in [-0.05, 0) is 56.3 Å². The van der Waals surface area contributed by atoms with Crippen LogP contribution < -0.4 is 5.73 Å². The van der Waals surface area contributed by atoms with Gasteiger partial charge in [-0.25, -0.2) is 4.39 Å². The molecule has 0 spiro atoms. The molecule has 3 rings (SSSR count). The van der Waals surface area contributed by atoms with E-state index in [1.54, 1.807) is 12.1 Å². The Kier molecular flexibility index (Phi) is 4.08. The third-order valence-corrected chi connectivity index (χ3v) is 5.12. The molecule has 1 aliphatic heterocycles. The number of nitrogens with two attached hydrogens (primary N) is 1. The molecule has 0 aromatic heterocycles. The molecule has 4 unspecified atom stereocenters. The van der Waals surface area contributed by atoms with Gasteiger partial charge in [0.15, 0.2) is 0 Å². The lowest BCUT2D eigenvalue weighted by atomic mass is 9.84. The minimum atomic E-state index is -0.172. The van der Waals surface area contributed by atoms with Crippen LogP contribution in [0.4, 0.5) is 4.39 Å². The summed E-state index contributed by atoms with van der Waals surface area (Å²) >= 11 is 0. The zero-order valence-electron chi connectivity index (χ0n) is 12.3. The number of fused-ring (bicyclic) bond motifs is 1. The van der Waals surface area contributed by atoms with Gasteiger partial charge in [-0.15, -0.1) is 0 Å². The van der Waals surface area contributed by atoms with Crippen molar-refractivity contribution in [1.82, 2.24) is 4.90 Å². The maximum absolute atomic E-state index is 13.2. The molecule has 1 aromatic rings. The fourth-order valence-electron chi connectivity index (χ4n) is 4.24. The van der Waals surface area contributed by atoms with E-state index in [2.05, 4.69) is 11.8 Å². The summed E-state index contributed by atoms with van der Waals surface area (Å²) in [7, 11) is 0. The van der Waals surface area contributed by atoms with E-state index < -0.39 is 0 Å². The first-order valence-corrected chi connectivity index (χ1v) is 7.93. The maximum Gasteiger partial charge on any atom is 0.123 e. The van der Waals surface area contributed by atoms with Crippen molar-refractivity contribution < 1.29 is 4.39 Å². The summed E-state index contributed by atoms with van der Waals surface area (Å²) in [6.07, 6.45) is 6.70. The second kappa shape index (κ2) is 5.82. The van der Waals surface area contributed by atoms with Crippen LogP contribution >= 0.6 is 0 Å². The van der Waals surface area contributed by atoms with Crippen molar-refractivity contribution in [2.24, 2.45) is 11.7 Å². The zero-order valence-corrected chi connectivity index (χ0v) is 12.3. The van der Waals surface area contributed by atoms with Gasteiger partial charge >= 0.3 is 0 Å². The molecule has 2 nitrogen and oxygen atoms in total. The Morgan fingerprint density at radius 2 is 1.85 bits per heavy atom. The number of nitrogens with zero attached hydrogens (tertiary/aromatic N) is 1. The topological polar surface area (TPSA) is 29.3 Å². The number of hydrogen-bond donors (Lipinski definition) is 1. The van der Waals surface area contributed by atoms with Gasteiger partial charge in [0.1, 0.15) is 5.82 Å². The first-order chi connectivity index (χ1) is 9.66. The molecular weight excluding hydrogens is 251 g/mol. The number of benzene rings is 1. The van der Waals surface area contributed by atoms with E-state index in [-0.39, 0.29) is 17.9 Å². The minimum absolute atomic E-state index is 0.0705. The van der Waals surface area contributed by atoms with E-state index in [1.807, 2.05) is 12.1 Å². The monoisotopic (exact) mass is 276 g/mol. The smallest absolute Gasteiger partial charge is 0.123 e.